The summed E-state index contributed by atoms with van der Waals surface area (Å²) in [6.07, 6.45) is 11.9. The Kier molecular flexibility index (Phi) is 3.96. The van der Waals surface area contributed by atoms with Crippen molar-refractivity contribution >= 4 is 22.8 Å². The maximum atomic E-state index is 13.3. The van der Waals surface area contributed by atoms with Crippen molar-refractivity contribution in [2.24, 2.45) is 5.92 Å². The Balaban J connectivity index is 1.33. The number of aromatic nitrogens is 6. The minimum atomic E-state index is -2.50. The molecule has 0 atom stereocenters. The number of hydrogen-bond donors (Lipinski definition) is 2. The molecule has 1 saturated carbocycles. The van der Waals surface area contributed by atoms with E-state index in [0.717, 1.165) is 16.5 Å². The second-order valence-corrected chi connectivity index (χ2v) is 7.32. The van der Waals surface area contributed by atoms with Gasteiger partial charge in [-0.15, -0.1) is 0 Å². The van der Waals surface area contributed by atoms with Gasteiger partial charge in [0.1, 0.15) is 5.65 Å². The van der Waals surface area contributed by atoms with Crippen molar-refractivity contribution in [3.63, 3.8) is 0 Å². The average Bonchev–Trinajstić information content (AvgIpc) is 3.33. The Morgan fingerprint density at radius 3 is 2.89 bits per heavy atom. The second kappa shape index (κ2) is 6.50. The standard InChI is InChI=1S/C19H19F2N7/c20-19(21)3-1-12(2-4-19)7-24-17-25-10-15-14(9-23-16(15)27-17)13-8-26-18-22-5-6-28(18)11-13/h5-6,8-12H,1-4,7H2,(H2,23,24,25,27). The molecule has 1 fully saturated rings. The summed E-state index contributed by atoms with van der Waals surface area (Å²) in [5, 5.41) is 4.08. The molecule has 4 aromatic heterocycles. The Bertz CT molecular complexity index is 1120. The summed E-state index contributed by atoms with van der Waals surface area (Å²) in [4.78, 5) is 20.6. The molecular formula is C19H19F2N7. The fourth-order valence-electron chi connectivity index (χ4n) is 3.73. The van der Waals surface area contributed by atoms with E-state index in [0.29, 0.717) is 36.8 Å². The van der Waals surface area contributed by atoms with E-state index < -0.39 is 5.92 Å². The van der Waals surface area contributed by atoms with Gasteiger partial charge in [0.05, 0.1) is 0 Å². The first-order chi connectivity index (χ1) is 13.6. The Hall–Kier alpha value is -3.10. The van der Waals surface area contributed by atoms with Gasteiger partial charge < -0.3 is 10.3 Å². The molecule has 0 unspecified atom stereocenters. The molecule has 144 valence electrons. The summed E-state index contributed by atoms with van der Waals surface area (Å²) in [6.45, 7) is 0.608. The van der Waals surface area contributed by atoms with Crippen LogP contribution in [-0.4, -0.2) is 41.8 Å². The van der Waals surface area contributed by atoms with Gasteiger partial charge in [-0.25, -0.2) is 23.7 Å². The quantitative estimate of drug-likeness (QED) is 0.558. The first-order valence-corrected chi connectivity index (χ1v) is 9.32. The van der Waals surface area contributed by atoms with E-state index in [1.165, 1.54) is 0 Å². The number of fused-ring (bicyclic) bond motifs is 2. The molecule has 5 rings (SSSR count). The van der Waals surface area contributed by atoms with Gasteiger partial charge in [-0.05, 0) is 18.8 Å². The minimum Gasteiger partial charge on any atom is -0.354 e. The zero-order chi connectivity index (χ0) is 19.1. The van der Waals surface area contributed by atoms with Gasteiger partial charge in [0.25, 0.3) is 0 Å². The highest BCUT2D eigenvalue weighted by Gasteiger charge is 2.34. The number of imidazole rings is 1. The van der Waals surface area contributed by atoms with E-state index in [4.69, 9.17) is 0 Å². The van der Waals surface area contributed by atoms with Gasteiger partial charge in [-0.2, -0.15) is 4.98 Å². The van der Waals surface area contributed by atoms with Crippen molar-refractivity contribution < 1.29 is 8.78 Å². The molecule has 28 heavy (non-hydrogen) atoms. The topological polar surface area (TPSA) is 83.8 Å². The average molecular weight is 383 g/mol. The number of hydrogen-bond acceptors (Lipinski definition) is 5. The van der Waals surface area contributed by atoms with Crippen molar-refractivity contribution in [3.8, 4) is 11.1 Å². The fraction of sp³-hybridized carbons (Fsp3) is 0.368. The highest BCUT2D eigenvalue weighted by atomic mass is 19.3. The number of aromatic amines is 1. The lowest BCUT2D eigenvalue weighted by atomic mass is 9.87. The molecule has 0 aliphatic heterocycles. The number of anilines is 1. The van der Waals surface area contributed by atoms with E-state index in [9.17, 15) is 8.78 Å². The van der Waals surface area contributed by atoms with Gasteiger partial charge in [-0.3, -0.25) is 4.40 Å². The number of rotatable bonds is 4. The molecule has 1 aliphatic carbocycles. The van der Waals surface area contributed by atoms with Crippen LogP contribution in [0.5, 0.6) is 0 Å². The van der Waals surface area contributed by atoms with E-state index in [2.05, 4.69) is 30.2 Å². The van der Waals surface area contributed by atoms with Gasteiger partial charge >= 0.3 is 0 Å². The predicted octanol–water partition coefficient (Wildman–Crippen LogP) is 3.91. The largest absolute Gasteiger partial charge is 0.354 e. The lowest BCUT2D eigenvalue weighted by Gasteiger charge is -2.28. The summed E-state index contributed by atoms with van der Waals surface area (Å²) in [6, 6.07) is 0. The monoisotopic (exact) mass is 383 g/mol. The van der Waals surface area contributed by atoms with E-state index in [1.54, 1.807) is 18.6 Å². The van der Waals surface area contributed by atoms with Crippen LogP contribution in [-0.2, 0) is 0 Å². The lowest BCUT2D eigenvalue weighted by Crippen LogP contribution is -2.28. The van der Waals surface area contributed by atoms with Crippen molar-refractivity contribution in [1.29, 1.82) is 0 Å². The van der Waals surface area contributed by atoms with Crippen LogP contribution >= 0.6 is 0 Å². The van der Waals surface area contributed by atoms with E-state index in [1.807, 2.05) is 23.0 Å². The molecule has 0 spiro atoms. The lowest BCUT2D eigenvalue weighted by molar-refractivity contribution is -0.0443. The zero-order valence-electron chi connectivity index (χ0n) is 15.1. The van der Waals surface area contributed by atoms with Crippen LogP contribution in [0.1, 0.15) is 25.7 Å². The fourth-order valence-corrected chi connectivity index (χ4v) is 3.73. The highest BCUT2D eigenvalue weighted by molar-refractivity contribution is 5.93. The van der Waals surface area contributed by atoms with Gasteiger partial charge in [0.2, 0.25) is 17.6 Å². The number of nitrogens with zero attached hydrogens (tertiary/aromatic N) is 5. The molecular weight excluding hydrogens is 364 g/mol. The first kappa shape index (κ1) is 17.0. The molecule has 0 bridgehead atoms. The molecule has 0 amide bonds. The van der Waals surface area contributed by atoms with Crippen LogP contribution in [0.4, 0.5) is 14.7 Å². The third-order valence-corrected chi connectivity index (χ3v) is 5.37. The number of nitrogens with one attached hydrogen (secondary N) is 2. The van der Waals surface area contributed by atoms with Crippen LogP contribution in [0, 0.1) is 5.92 Å². The number of H-pyrrole nitrogens is 1. The Labute approximate surface area is 159 Å². The second-order valence-electron chi connectivity index (χ2n) is 7.32. The van der Waals surface area contributed by atoms with Crippen LogP contribution in [0.2, 0.25) is 0 Å². The third-order valence-electron chi connectivity index (χ3n) is 5.37. The maximum absolute atomic E-state index is 13.3. The van der Waals surface area contributed by atoms with E-state index in [-0.39, 0.29) is 18.8 Å². The zero-order valence-corrected chi connectivity index (χ0v) is 15.1. The minimum absolute atomic E-state index is 0.0332. The molecule has 2 N–H and O–H groups in total. The van der Waals surface area contributed by atoms with Gasteiger partial charge in [-0.1, -0.05) is 0 Å². The van der Waals surface area contributed by atoms with Gasteiger partial charge in [0, 0.05) is 73.1 Å². The number of halogens is 2. The third kappa shape index (κ3) is 3.17. The van der Waals surface area contributed by atoms with Gasteiger partial charge in [0.15, 0.2) is 0 Å². The summed E-state index contributed by atoms with van der Waals surface area (Å²) in [5.74, 6) is -1.12. The Morgan fingerprint density at radius 1 is 1.18 bits per heavy atom. The molecule has 9 heteroatoms. The first-order valence-electron chi connectivity index (χ1n) is 9.32. The van der Waals surface area contributed by atoms with Crippen LogP contribution < -0.4 is 5.32 Å². The summed E-state index contributed by atoms with van der Waals surface area (Å²) < 4.78 is 28.4. The number of alkyl halides is 2. The Morgan fingerprint density at radius 2 is 2.04 bits per heavy atom. The van der Waals surface area contributed by atoms with Crippen LogP contribution in [0.25, 0.3) is 27.9 Å². The smallest absolute Gasteiger partial charge is 0.248 e. The van der Waals surface area contributed by atoms with Crippen molar-refractivity contribution in [3.05, 3.63) is 37.2 Å². The molecule has 1 aliphatic rings. The summed E-state index contributed by atoms with van der Waals surface area (Å²) in [5.41, 5.74) is 2.61. The SMILES string of the molecule is FC1(F)CCC(CNc2ncc3c(-c4cnc5nccn5c4)c[nH]c3n2)CC1. The molecule has 7 nitrogen and oxygen atoms in total. The molecule has 0 aromatic carbocycles. The summed E-state index contributed by atoms with van der Waals surface area (Å²) >= 11 is 0. The summed E-state index contributed by atoms with van der Waals surface area (Å²) in [7, 11) is 0. The van der Waals surface area contributed by atoms with Crippen LogP contribution in [0.15, 0.2) is 37.2 Å². The predicted molar refractivity (Wildman–Crippen MR) is 101 cm³/mol. The highest BCUT2D eigenvalue weighted by Crippen LogP contribution is 2.36. The molecule has 0 saturated heterocycles. The normalized spacial score (nSPS) is 17.4. The van der Waals surface area contributed by atoms with Crippen molar-refractivity contribution in [2.75, 3.05) is 11.9 Å². The molecule has 4 aromatic rings. The van der Waals surface area contributed by atoms with Crippen molar-refractivity contribution in [1.82, 2.24) is 29.3 Å². The molecule has 0 radical (unpaired) electrons. The van der Waals surface area contributed by atoms with Crippen LogP contribution in [0.3, 0.4) is 0 Å². The van der Waals surface area contributed by atoms with E-state index >= 15 is 0 Å². The van der Waals surface area contributed by atoms with Crippen molar-refractivity contribution in [2.45, 2.75) is 31.6 Å². The molecule has 4 heterocycles. The maximum Gasteiger partial charge on any atom is 0.248 e.